The Balaban J connectivity index is 0.00000209. The van der Waals surface area contributed by atoms with Crippen molar-refractivity contribution in [1.82, 2.24) is 15.3 Å². The standard InChI is InChI=1S/C36H41N3O10S2.CO2/c1-4-30-31(40)32(41)38-33(37-30)36(39-34(42)47-22-27-8-6-5-7-9-27)20-18-35(19-21-36,23-48-50(43,44)28-14-10-25(2)11-15-28)24-49-51(45,46)29-16-12-26(3)13-17-29;2-1-3/h5-17,40H,4,18-24H2,1-3H3,(H,39,42)(H,37,38,41);. The lowest BCUT2D eigenvalue weighted by atomic mass is 9.67. The molecule has 5 rings (SSSR count). The number of rotatable bonds is 13. The summed E-state index contributed by atoms with van der Waals surface area (Å²) in [4.78, 5) is 49.3. The van der Waals surface area contributed by atoms with Crippen LogP contribution in [0.5, 0.6) is 5.75 Å². The van der Waals surface area contributed by atoms with Crippen molar-refractivity contribution in [2.75, 3.05) is 13.2 Å². The van der Waals surface area contributed by atoms with Crippen LogP contribution in [0.3, 0.4) is 0 Å². The number of H-pyrrole nitrogens is 1. The van der Waals surface area contributed by atoms with Gasteiger partial charge in [0.15, 0.2) is 0 Å². The Hall–Kier alpha value is -5.19. The fourth-order valence-electron chi connectivity index (χ4n) is 5.85. The van der Waals surface area contributed by atoms with Crippen molar-refractivity contribution in [3.63, 3.8) is 0 Å². The molecule has 1 amide bonds. The summed E-state index contributed by atoms with van der Waals surface area (Å²) in [6.07, 6.45) is -0.151. The van der Waals surface area contributed by atoms with Crippen LogP contribution in [-0.2, 0) is 61.5 Å². The highest BCUT2D eigenvalue weighted by Gasteiger charge is 2.48. The molecule has 288 valence electrons. The minimum atomic E-state index is -4.26. The van der Waals surface area contributed by atoms with E-state index in [1.165, 1.54) is 24.3 Å². The molecule has 0 spiro atoms. The first kappa shape index (κ1) is 41.6. The van der Waals surface area contributed by atoms with Gasteiger partial charge in [0.1, 0.15) is 18.0 Å². The maximum atomic E-state index is 13.3. The van der Waals surface area contributed by atoms with Crippen molar-refractivity contribution in [3.8, 4) is 5.75 Å². The lowest BCUT2D eigenvalue weighted by Crippen LogP contribution is -2.53. The summed E-state index contributed by atoms with van der Waals surface area (Å²) in [5.41, 5.74) is -0.792. The van der Waals surface area contributed by atoms with E-state index in [4.69, 9.17) is 22.7 Å². The second kappa shape index (κ2) is 17.8. The van der Waals surface area contributed by atoms with E-state index in [-0.39, 0.29) is 66.2 Å². The predicted octanol–water partition coefficient (Wildman–Crippen LogP) is 4.56. The van der Waals surface area contributed by atoms with E-state index in [9.17, 15) is 31.5 Å². The second-order valence-electron chi connectivity index (χ2n) is 13.0. The van der Waals surface area contributed by atoms with Gasteiger partial charge in [-0.15, -0.1) is 0 Å². The lowest BCUT2D eigenvalue weighted by molar-refractivity contribution is -0.191. The zero-order chi connectivity index (χ0) is 39.6. The second-order valence-corrected chi connectivity index (χ2v) is 16.2. The smallest absolute Gasteiger partial charge is 0.408 e. The van der Waals surface area contributed by atoms with Gasteiger partial charge in [0.25, 0.3) is 25.8 Å². The van der Waals surface area contributed by atoms with Gasteiger partial charge in [-0.1, -0.05) is 72.6 Å². The van der Waals surface area contributed by atoms with Crippen LogP contribution < -0.4 is 10.9 Å². The van der Waals surface area contributed by atoms with Crippen molar-refractivity contribution in [2.24, 2.45) is 5.41 Å². The molecule has 0 radical (unpaired) electrons. The zero-order valence-electron chi connectivity index (χ0n) is 29.9. The number of aromatic nitrogens is 2. The quantitative estimate of drug-likeness (QED) is 0.158. The highest BCUT2D eigenvalue weighted by molar-refractivity contribution is 7.87. The van der Waals surface area contributed by atoms with E-state index < -0.39 is 61.8 Å². The van der Waals surface area contributed by atoms with Gasteiger partial charge in [-0.2, -0.15) is 26.4 Å². The number of carbonyl (C=O) groups is 1. The SMILES string of the molecule is CCc1nc(C2(NC(=O)OCc3ccccc3)CCC(COS(=O)(=O)c3ccc(C)cc3)(COS(=O)(=O)c3ccc(C)cc3)CC2)[nH]c(=O)c1O.O=C=O. The molecule has 3 aromatic carbocycles. The Morgan fingerprint density at radius 1 is 0.833 bits per heavy atom. The molecule has 0 saturated heterocycles. The number of hydrogen-bond acceptors (Lipinski definition) is 13. The maximum Gasteiger partial charge on any atom is 0.408 e. The van der Waals surface area contributed by atoms with Gasteiger partial charge in [-0.25, -0.2) is 9.78 Å². The molecule has 0 bridgehead atoms. The number of aromatic hydroxyl groups is 1. The molecule has 1 aliphatic carbocycles. The molecule has 54 heavy (non-hydrogen) atoms. The predicted molar refractivity (Wildman–Crippen MR) is 192 cm³/mol. The van der Waals surface area contributed by atoms with E-state index in [0.717, 1.165) is 16.7 Å². The summed E-state index contributed by atoms with van der Waals surface area (Å²) >= 11 is 0. The molecule has 0 atom stereocenters. The molecule has 15 nitrogen and oxygen atoms in total. The van der Waals surface area contributed by atoms with Crippen LogP contribution >= 0.6 is 0 Å². The van der Waals surface area contributed by atoms with Gasteiger partial charge in [0.05, 0.1) is 28.7 Å². The van der Waals surface area contributed by atoms with Crippen molar-refractivity contribution in [2.45, 2.75) is 74.8 Å². The van der Waals surface area contributed by atoms with Crippen molar-refractivity contribution >= 4 is 32.5 Å². The van der Waals surface area contributed by atoms with Gasteiger partial charge in [-0.05, 0) is 75.8 Å². The average molecular weight is 784 g/mol. The van der Waals surface area contributed by atoms with Crippen LogP contribution in [0.15, 0.2) is 93.4 Å². The Morgan fingerprint density at radius 2 is 1.31 bits per heavy atom. The van der Waals surface area contributed by atoms with Gasteiger partial charge >= 0.3 is 12.2 Å². The molecule has 1 saturated carbocycles. The van der Waals surface area contributed by atoms with E-state index >= 15 is 0 Å². The van der Waals surface area contributed by atoms with Crippen LogP contribution in [0.4, 0.5) is 4.79 Å². The molecular weight excluding hydrogens is 743 g/mol. The monoisotopic (exact) mass is 783 g/mol. The topological polar surface area (TPSA) is 225 Å². The highest BCUT2D eigenvalue weighted by Crippen LogP contribution is 2.46. The van der Waals surface area contributed by atoms with Crippen LogP contribution in [0, 0.1) is 19.3 Å². The highest BCUT2D eigenvalue weighted by atomic mass is 32.2. The van der Waals surface area contributed by atoms with Gasteiger partial charge in [-0.3, -0.25) is 13.2 Å². The first-order valence-electron chi connectivity index (χ1n) is 16.8. The molecule has 1 heterocycles. The number of nitrogens with one attached hydrogen (secondary N) is 2. The van der Waals surface area contributed by atoms with E-state index in [1.54, 1.807) is 55.5 Å². The number of hydrogen-bond donors (Lipinski definition) is 3. The van der Waals surface area contributed by atoms with Gasteiger partial charge in [0.2, 0.25) is 5.75 Å². The molecule has 1 aliphatic rings. The van der Waals surface area contributed by atoms with Crippen molar-refractivity contribution < 1.29 is 49.4 Å². The number of aromatic amines is 1. The molecule has 0 unspecified atom stereocenters. The zero-order valence-corrected chi connectivity index (χ0v) is 31.5. The van der Waals surface area contributed by atoms with E-state index in [0.29, 0.717) is 0 Å². The van der Waals surface area contributed by atoms with Crippen molar-refractivity contribution in [1.29, 1.82) is 0 Å². The largest absolute Gasteiger partial charge is 0.502 e. The molecule has 0 aliphatic heterocycles. The molecule has 4 aromatic rings. The number of benzene rings is 3. The summed E-state index contributed by atoms with van der Waals surface area (Å²) in [6.45, 7) is 4.42. The normalized spacial score (nSPS) is 14.9. The van der Waals surface area contributed by atoms with E-state index in [1.807, 2.05) is 19.9 Å². The molecule has 17 heteroatoms. The fraction of sp³-hybridized carbons (Fsp3) is 0.351. The van der Waals surface area contributed by atoms with Crippen LogP contribution in [0.1, 0.15) is 60.8 Å². The van der Waals surface area contributed by atoms with Crippen LogP contribution in [0.25, 0.3) is 0 Å². The number of amides is 1. The van der Waals surface area contributed by atoms with Gasteiger partial charge < -0.3 is 20.1 Å². The van der Waals surface area contributed by atoms with Crippen molar-refractivity contribution in [3.05, 3.63) is 117 Å². The molecule has 1 fully saturated rings. The Bertz CT molecular complexity index is 2130. The third-order valence-corrected chi connectivity index (χ3v) is 11.7. The molecular formula is C37H41N3O12S2. The number of aryl methyl sites for hydroxylation is 3. The van der Waals surface area contributed by atoms with E-state index in [2.05, 4.69) is 15.3 Å². The lowest BCUT2D eigenvalue weighted by Gasteiger charge is -2.45. The summed E-state index contributed by atoms with van der Waals surface area (Å²) in [5.74, 6) is -0.480. The summed E-state index contributed by atoms with van der Waals surface area (Å²) in [7, 11) is -8.52. The number of alkyl carbamates (subject to hydrolysis) is 1. The summed E-state index contributed by atoms with van der Waals surface area (Å²) in [6, 6.07) is 21.2. The number of carbonyl (C=O) groups excluding carboxylic acids is 3. The fourth-order valence-corrected chi connectivity index (χ4v) is 7.87. The first-order valence-corrected chi connectivity index (χ1v) is 19.6. The Morgan fingerprint density at radius 3 is 1.78 bits per heavy atom. The third-order valence-electron chi connectivity index (χ3n) is 9.13. The molecule has 3 N–H and O–H groups in total. The minimum absolute atomic E-state index is 0.0339. The minimum Gasteiger partial charge on any atom is -0.502 e. The average Bonchev–Trinajstić information content (AvgIpc) is 3.15. The summed E-state index contributed by atoms with van der Waals surface area (Å²) in [5, 5.41) is 13.2. The molecule has 1 aromatic heterocycles. The Kier molecular flexibility index (Phi) is 13.7. The number of ether oxygens (including phenoxy) is 1. The summed E-state index contributed by atoms with van der Waals surface area (Å²) < 4.78 is 69.8. The van der Waals surface area contributed by atoms with Crippen LogP contribution in [-0.4, -0.2) is 57.4 Å². The Labute approximate surface area is 313 Å². The van der Waals surface area contributed by atoms with Gasteiger partial charge in [0, 0.05) is 5.41 Å². The number of nitrogens with zero attached hydrogens (tertiary/aromatic N) is 1. The maximum absolute atomic E-state index is 13.3. The first-order chi connectivity index (χ1) is 25.6. The third kappa shape index (κ3) is 10.5. The van der Waals surface area contributed by atoms with Crippen LogP contribution in [0.2, 0.25) is 0 Å².